The van der Waals surface area contributed by atoms with E-state index in [0.29, 0.717) is 34.1 Å². The molecule has 6 nitrogen and oxygen atoms in total. The SMILES string of the molecule is CCC(=O)Nc1cccc(C(=O)Nc2ccc(Cl)c(NC(C)=O)c2)c1. The first-order chi connectivity index (χ1) is 11.9. The summed E-state index contributed by atoms with van der Waals surface area (Å²) in [5.41, 5.74) is 1.84. The molecule has 0 aliphatic rings. The lowest BCUT2D eigenvalue weighted by Crippen LogP contribution is -2.14. The van der Waals surface area contributed by atoms with E-state index in [1.54, 1.807) is 49.4 Å². The molecule has 3 N–H and O–H groups in total. The Bertz CT molecular complexity index is 821. The van der Waals surface area contributed by atoms with Crippen molar-refractivity contribution in [1.29, 1.82) is 0 Å². The summed E-state index contributed by atoms with van der Waals surface area (Å²) in [4.78, 5) is 35.0. The van der Waals surface area contributed by atoms with Gasteiger partial charge in [0, 0.05) is 30.3 Å². The first-order valence-electron chi connectivity index (χ1n) is 7.67. The van der Waals surface area contributed by atoms with Crippen LogP contribution in [0.1, 0.15) is 30.6 Å². The van der Waals surface area contributed by atoms with Gasteiger partial charge in [-0.2, -0.15) is 0 Å². The number of nitrogens with one attached hydrogen (secondary N) is 3. The summed E-state index contributed by atoms with van der Waals surface area (Å²) in [6.07, 6.45) is 0.354. The summed E-state index contributed by atoms with van der Waals surface area (Å²) in [5.74, 6) is -0.733. The van der Waals surface area contributed by atoms with Crippen LogP contribution in [0.2, 0.25) is 5.02 Å². The minimum absolute atomic E-state index is 0.129. The third-order valence-electron chi connectivity index (χ3n) is 3.26. The van der Waals surface area contributed by atoms with Gasteiger partial charge < -0.3 is 16.0 Å². The van der Waals surface area contributed by atoms with Gasteiger partial charge in [-0.3, -0.25) is 14.4 Å². The molecule has 0 saturated heterocycles. The highest BCUT2D eigenvalue weighted by atomic mass is 35.5. The molecule has 0 radical (unpaired) electrons. The Labute approximate surface area is 150 Å². The fourth-order valence-electron chi connectivity index (χ4n) is 2.08. The smallest absolute Gasteiger partial charge is 0.255 e. The molecule has 0 saturated carbocycles. The third kappa shape index (κ3) is 5.32. The van der Waals surface area contributed by atoms with E-state index in [4.69, 9.17) is 11.6 Å². The Kier molecular flexibility index (Phi) is 6.14. The molecule has 2 aromatic rings. The maximum Gasteiger partial charge on any atom is 0.255 e. The lowest BCUT2D eigenvalue weighted by atomic mass is 10.1. The van der Waals surface area contributed by atoms with E-state index < -0.39 is 0 Å². The molecule has 0 unspecified atom stereocenters. The molecule has 3 amide bonds. The van der Waals surface area contributed by atoms with Crippen LogP contribution in [-0.2, 0) is 9.59 Å². The molecule has 25 heavy (non-hydrogen) atoms. The number of benzene rings is 2. The predicted molar refractivity (Wildman–Crippen MR) is 99.1 cm³/mol. The van der Waals surface area contributed by atoms with E-state index in [-0.39, 0.29) is 17.7 Å². The van der Waals surface area contributed by atoms with E-state index in [1.165, 1.54) is 6.92 Å². The minimum Gasteiger partial charge on any atom is -0.326 e. The molecule has 0 atom stereocenters. The van der Waals surface area contributed by atoms with Gasteiger partial charge in [-0.1, -0.05) is 24.6 Å². The Hall–Kier alpha value is -2.86. The second-order valence-corrected chi connectivity index (χ2v) is 5.72. The summed E-state index contributed by atoms with van der Waals surface area (Å²) in [6, 6.07) is 11.4. The van der Waals surface area contributed by atoms with E-state index in [9.17, 15) is 14.4 Å². The molecule has 2 aromatic carbocycles. The van der Waals surface area contributed by atoms with Crippen LogP contribution in [0.25, 0.3) is 0 Å². The molecule has 0 fully saturated rings. The van der Waals surface area contributed by atoms with Gasteiger partial charge in [0.1, 0.15) is 0 Å². The van der Waals surface area contributed by atoms with Gasteiger partial charge in [0.25, 0.3) is 5.91 Å². The van der Waals surface area contributed by atoms with Crippen molar-refractivity contribution in [2.75, 3.05) is 16.0 Å². The van der Waals surface area contributed by atoms with Crippen LogP contribution in [0, 0.1) is 0 Å². The summed E-state index contributed by atoms with van der Waals surface area (Å²) in [6.45, 7) is 3.12. The molecule has 7 heteroatoms. The first-order valence-corrected chi connectivity index (χ1v) is 8.05. The Morgan fingerprint density at radius 1 is 0.960 bits per heavy atom. The maximum absolute atomic E-state index is 12.4. The summed E-state index contributed by atoms with van der Waals surface area (Å²) in [5, 5.41) is 8.40. The molecule has 0 aromatic heterocycles. The van der Waals surface area contributed by atoms with Crippen molar-refractivity contribution in [2.24, 2.45) is 0 Å². The van der Waals surface area contributed by atoms with E-state index in [2.05, 4.69) is 16.0 Å². The monoisotopic (exact) mass is 359 g/mol. The fourth-order valence-corrected chi connectivity index (χ4v) is 2.24. The van der Waals surface area contributed by atoms with Crippen molar-refractivity contribution < 1.29 is 14.4 Å². The van der Waals surface area contributed by atoms with E-state index in [1.807, 2.05) is 0 Å². The molecule has 0 bridgehead atoms. The van der Waals surface area contributed by atoms with E-state index in [0.717, 1.165) is 0 Å². The van der Waals surface area contributed by atoms with Crippen LogP contribution in [-0.4, -0.2) is 17.7 Å². The second kappa shape index (κ2) is 8.30. The molecular formula is C18H18ClN3O3. The van der Waals surface area contributed by atoms with Crippen molar-refractivity contribution in [3.8, 4) is 0 Å². The zero-order valence-corrected chi connectivity index (χ0v) is 14.6. The Balaban J connectivity index is 2.15. The first kappa shape index (κ1) is 18.5. The zero-order valence-electron chi connectivity index (χ0n) is 13.9. The van der Waals surface area contributed by atoms with Crippen LogP contribution < -0.4 is 16.0 Å². The molecule has 130 valence electrons. The van der Waals surface area contributed by atoms with Crippen LogP contribution in [0.5, 0.6) is 0 Å². The summed E-state index contributed by atoms with van der Waals surface area (Å²) >= 11 is 6.01. The van der Waals surface area contributed by atoms with Crippen LogP contribution in [0.3, 0.4) is 0 Å². The van der Waals surface area contributed by atoms with Gasteiger partial charge in [-0.15, -0.1) is 0 Å². The highest BCUT2D eigenvalue weighted by Gasteiger charge is 2.10. The summed E-state index contributed by atoms with van der Waals surface area (Å²) < 4.78 is 0. The van der Waals surface area contributed by atoms with Crippen LogP contribution in [0.4, 0.5) is 17.1 Å². The van der Waals surface area contributed by atoms with Gasteiger partial charge in [-0.05, 0) is 36.4 Å². The van der Waals surface area contributed by atoms with Gasteiger partial charge in [0.15, 0.2) is 0 Å². The standard InChI is InChI=1S/C18H18ClN3O3/c1-3-17(24)21-13-6-4-5-12(9-13)18(25)22-14-7-8-15(19)16(10-14)20-11(2)23/h4-10H,3H2,1-2H3,(H,20,23)(H,21,24)(H,22,25). The zero-order chi connectivity index (χ0) is 18.4. The maximum atomic E-state index is 12.4. The number of halogens is 1. The van der Waals surface area contributed by atoms with Crippen molar-refractivity contribution in [1.82, 2.24) is 0 Å². The average Bonchev–Trinajstić information content (AvgIpc) is 2.57. The number of carbonyl (C=O) groups excluding carboxylic acids is 3. The number of hydrogen-bond acceptors (Lipinski definition) is 3. The van der Waals surface area contributed by atoms with E-state index >= 15 is 0 Å². The van der Waals surface area contributed by atoms with Crippen LogP contribution >= 0.6 is 11.6 Å². The molecule has 0 aliphatic carbocycles. The van der Waals surface area contributed by atoms with Gasteiger partial charge >= 0.3 is 0 Å². The fraction of sp³-hybridized carbons (Fsp3) is 0.167. The predicted octanol–water partition coefficient (Wildman–Crippen LogP) is 3.90. The lowest BCUT2D eigenvalue weighted by Gasteiger charge is -2.10. The molecule has 2 rings (SSSR count). The largest absolute Gasteiger partial charge is 0.326 e. The lowest BCUT2D eigenvalue weighted by molar-refractivity contribution is -0.116. The topological polar surface area (TPSA) is 87.3 Å². The molecule has 0 aliphatic heterocycles. The number of hydrogen-bond donors (Lipinski definition) is 3. The number of amides is 3. The Morgan fingerprint density at radius 2 is 1.68 bits per heavy atom. The normalized spacial score (nSPS) is 10.0. The van der Waals surface area contributed by atoms with Gasteiger partial charge in [-0.25, -0.2) is 0 Å². The minimum atomic E-state index is -0.344. The van der Waals surface area contributed by atoms with Crippen molar-refractivity contribution in [3.63, 3.8) is 0 Å². The highest BCUT2D eigenvalue weighted by Crippen LogP contribution is 2.26. The van der Waals surface area contributed by atoms with Gasteiger partial charge in [0.05, 0.1) is 10.7 Å². The van der Waals surface area contributed by atoms with Gasteiger partial charge in [0.2, 0.25) is 11.8 Å². The number of rotatable bonds is 5. The number of anilines is 3. The highest BCUT2D eigenvalue weighted by molar-refractivity contribution is 6.33. The van der Waals surface area contributed by atoms with Crippen LogP contribution in [0.15, 0.2) is 42.5 Å². The summed E-state index contributed by atoms with van der Waals surface area (Å²) in [7, 11) is 0. The van der Waals surface area contributed by atoms with Crippen molar-refractivity contribution in [3.05, 3.63) is 53.1 Å². The third-order valence-corrected chi connectivity index (χ3v) is 3.59. The second-order valence-electron chi connectivity index (χ2n) is 5.31. The molecule has 0 heterocycles. The van der Waals surface area contributed by atoms with Crippen molar-refractivity contribution in [2.45, 2.75) is 20.3 Å². The quantitative estimate of drug-likeness (QED) is 0.756. The van der Waals surface area contributed by atoms with Crippen molar-refractivity contribution >= 4 is 46.4 Å². The Morgan fingerprint density at radius 3 is 2.36 bits per heavy atom. The molecule has 0 spiro atoms. The molecular weight excluding hydrogens is 342 g/mol. The number of carbonyl (C=O) groups is 3. The average molecular weight is 360 g/mol.